The molecule has 0 amide bonds. The van der Waals surface area contributed by atoms with Crippen LogP contribution in [0.25, 0.3) is 22.2 Å². The van der Waals surface area contributed by atoms with Crippen LogP contribution in [-0.4, -0.2) is 68.2 Å². The van der Waals surface area contributed by atoms with E-state index >= 15 is 0 Å². The third-order valence-electron chi connectivity index (χ3n) is 5.57. The molecule has 0 bridgehead atoms. The number of nitrogens with zero attached hydrogens (tertiary/aromatic N) is 2. The molecule has 34 heavy (non-hydrogen) atoms. The summed E-state index contributed by atoms with van der Waals surface area (Å²) in [5, 5.41) is 13.2. The van der Waals surface area contributed by atoms with E-state index in [1.54, 1.807) is 19.2 Å². The van der Waals surface area contributed by atoms with Crippen molar-refractivity contribution in [3.8, 4) is 17.0 Å². The summed E-state index contributed by atoms with van der Waals surface area (Å²) in [6.45, 7) is 8.27. The van der Waals surface area contributed by atoms with Gasteiger partial charge in [0, 0.05) is 43.8 Å². The van der Waals surface area contributed by atoms with E-state index in [1.807, 2.05) is 44.2 Å². The number of hydrogen-bond donors (Lipinski definition) is 1. The molecule has 3 aromatic rings. The Labute approximate surface area is 211 Å². The molecule has 0 saturated heterocycles. The molecular formula is C26H32Cl2N2O4. The van der Waals surface area contributed by atoms with Crippen molar-refractivity contribution in [2.24, 2.45) is 0 Å². The molecule has 1 heterocycles. The first-order valence-corrected chi connectivity index (χ1v) is 12.2. The Morgan fingerprint density at radius 1 is 0.941 bits per heavy atom. The number of benzene rings is 2. The lowest BCUT2D eigenvalue weighted by molar-refractivity contribution is 0.0537. The average Bonchev–Trinajstić information content (AvgIpc) is 2.84. The minimum atomic E-state index is -0.762. The van der Waals surface area contributed by atoms with E-state index in [2.05, 4.69) is 4.90 Å². The number of aliphatic hydroxyl groups is 1. The van der Waals surface area contributed by atoms with E-state index in [0.29, 0.717) is 67.6 Å². The number of aliphatic hydroxyl groups excluding tert-OH is 1. The van der Waals surface area contributed by atoms with Gasteiger partial charge in [-0.05, 0) is 55.8 Å². The van der Waals surface area contributed by atoms with Gasteiger partial charge in [0.25, 0.3) is 0 Å². The molecule has 0 fully saturated rings. The average molecular weight is 507 g/mol. The van der Waals surface area contributed by atoms with Crippen molar-refractivity contribution >= 4 is 34.1 Å². The van der Waals surface area contributed by atoms with Crippen LogP contribution in [-0.2, 0) is 9.47 Å². The fourth-order valence-electron chi connectivity index (χ4n) is 3.75. The molecule has 1 aromatic heterocycles. The van der Waals surface area contributed by atoms with Gasteiger partial charge in [0.15, 0.2) is 0 Å². The minimum absolute atomic E-state index is 0.428. The van der Waals surface area contributed by atoms with Crippen LogP contribution in [0.3, 0.4) is 0 Å². The lowest BCUT2D eigenvalue weighted by Gasteiger charge is -2.26. The molecule has 0 saturated carbocycles. The maximum absolute atomic E-state index is 11.4. The Bertz CT molecular complexity index is 1070. The SMILES string of the molecule is CCOCCN(CCOCC)CC(O)c1cc(-c2ccc(Cl)c(Cl)c2)nc2ccc(OC)cc12. The number of fused-ring (bicyclic) bond motifs is 1. The van der Waals surface area contributed by atoms with Crippen molar-refractivity contribution in [1.29, 1.82) is 0 Å². The zero-order valence-electron chi connectivity index (χ0n) is 19.9. The summed E-state index contributed by atoms with van der Waals surface area (Å²) in [5.74, 6) is 0.703. The van der Waals surface area contributed by atoms with E-state index in [9.17, 15) is 5.11 Å². The third-order valence-corrected chi connectivity index (χ3v) is 6.30. The van der Waals surface area contributed by atoms with Gasteiger partial charge in [-0.15, -0.1) is 0 Å². The number of hydrogen-bond acceptors (Lipinski definition) is 6. The standard InChI is InChI=1S/C26H32Cl2N2O4/c1-4-33-12-10-30(11-13-34-5-2)17-26(31)21-16-25(18-6-8-22(27)23(28)14-18)29-24-9-7-19(32-3)15-20(21)24/h6-9,14-16,26,31H,4-5,10-13,17H2,1-3H3. The van der Waals surface area contributed by atoms with Crippen molar-refractivity contribution < 1.29 is 19.3 Å². The van der Waals surface area contributed by atoms with Crippen LogP contribution in [0.1, 0.15) is 25.5 Å². The molecule has 1 unspecified atom stereocenters. The molecule has 1 N–H and O–H groups in total. The number of rotatable bonds is 13. The van der Waals surface area contributed by atoms with Crippen LogP contribution >= 0.6 is 23.2 Å². The monoisotopic (exact) mass is 506 g/mol. The summed E-state index contributed by atoms with van der Waals surface area (Å²) in [7, 11) is 1.62. The number of ether oxygens (including phenoxy) is 3. The first-order chi connectivity index (χ1) is 16.5. The second-order valence-electron chi connectivity index (χ2n) is 7.82. The van der Waals surface area contributed by atoms with E-state index in [1.165, 1.54) is 0 Å². The Hall–Kier alpha value is -1.93. The summed E-state index contributed by atoms with van der Waals surface area (Å²) >= 11 is 12.4. The zero-order chi connectivity index (χ0) is 24.5. The topological polar surface area (TPSA) is 64.1 Å². The fraction of sp³-hybridized carbons (Fsp3) is 0.423. The summed E-state index contributed by atoms with van der Waals surface area (Å²) < 4.78 is 16.5. The number of pyridine rings is 1. The highest BCUT2D eigenvalue weighted by Gasteiger charge is 2.19. The highest BCUT2D eigenvalue weighted by atomic mass is 35.5. The molecule has 3 rings (SSSR count). The van der Waals surface area contributed by atoms with Gasteiger partial charge in [-0.3, -0.25) is 4.90 Å². The fourth-order valence-corrected chi connectivity index (χ4v) is 4.05. The Morgan fingerprint density at radius 3 is 2.26 bits per heavy atom. The third kappa shape index (κ3) is 7.04. The van der Waals surface area contributed by atoms with Crippen molar-refractivity contribution in [2.75, 3.05) is 53.2 Å². The highest BCUT2D eigenvalue weighted by molar-refractivity contribution is 6.42. The molecular weight excluding hydrogens is 475 g/mol. The maximum atomic E-state index is 11.4. The Kier molecular flexibility index (Phi) is 10.4. The predicted octanol–water partition coefficient (Wildman–Crippen LogP) is 5.63. The van der Waals surface area contributed by atoms with Crippen LogP contribution in [0.2, 0.25) is 10.0 Å². The van der Waals surface area contributed by atoms with E-state index in [-0.39, 0.29) is 0 Å². The normalized spacial score (nSPS) is 12.4. The largest absolute Gasteiger partial charge is 0.497 e. The molecule has 8 heteroatoms. The molecule has 0 aliphatic heterocycles. The summed E-state index contributed by atoms with van der Waals surface area (Å²) in [5.41, 5.74) is 3.06. The quantitative estimate of drug-likeness (QED) is 0.303. The van der Waals surface area contributed by atoms with Crippen LogP contribution < -0.4 is 4.74 Å². The molecule has 6 nitrogen and oxygen atoms in total. The number of methoxy groups -OCH3 is 1. The molecule has 0 aliphatic carbocycles. The van der Waals surface area contributed by atoms with Gasteiger partial charge in [0.2, 0.25) is 0 Å². The van der Waals surface area contributed by atoms with Gasteiger partial charge in [-0.25, -0.2) is 4.98 Å². The molecule has 1 atom stereocenters. The maximum Gasteiger partial charge on any atom is 0.119 e. The molecule has 2 aromatic carbocycles. The summed E-state index contributed by atoms with van der Waals surface area (Å²) in [6.07, 6.45) is -0.762. The zero-order valence-corrected chi connectivity index (χ0v) is 21.4. The van der Waals surface area contributed by atoms with Crippen LogP contribution in [0.4, 0.5) is 0 Å². The van der Waals surface area contributed by atoms with E-state index < -0.39 is 6.10 Å². The van der Waals surface area contributed by atoms with E-state index in [0.717, 1.165) is 22.0 Å². The van der Waals surface area contributed by atoms with Crippen LogP contribution in [0.5, 0.6) is 5.75 Å². The summed E-state index contributed by atoms with van der Waals surface area (Å²) in [4.78, 5) is 6.97. The predicted molar refractivity (Wildman–Crippen MR) is 138 cm³/mol. The second kappa shape index (κ2) is 13.2. The van der Waals surface area contributed by atoms with Gasteiger partial charge < -0.3 is 19.3 Å². The second-order valence-corrected chi connectivity index (χ2v) is 8.63. The van der Waals surface area contributed by atoms with Crippen LogP contribution in [0.15, 0.2) is 42.5 Å². The van der Waals surface area contributed by atoms with Gasteiger partial charge in [0.1, 0.15) is 5.75 Å². The first-order valence-electron chi connectivity index (χ1n) is 11.5. The highest BCUT2D eigenvalue weighted by Crippen LogP contribution is 2.33. The Morgan fingerprint density at radius 2 is 1.65 bits per heavy atom. The molecule has 184 valence electrons. The number of halogens is 2. The van der Waals surface area contributed by atoms with Crippen molar-refractivity contribution in [2.45, 2.75) is 20.0 Å². The van der Waals surface area contributed by atoms with Gasteiger partial charge in [-0.1, -0.05) is 29.3 Å². The molecule has 0 aliphatic rings. The minimum Gasteiger partial charge on any atom is -0.497 e. The van der Waals surface area contributed by atoms with Gasteiger partial charge >= 0.3 is 0 Å². The number of aromatic nitrogens is 1. The molecule has 0 spiro atoms. The van der Waals surface area contributed by atoms with Crippen molar-refractivity contribution in [3.05, 3.63) is 58.1 Å². The van der Waals surface area contributed by atoms with Gasteiger partial charge in [0.05, 0.1) is 47.7 Å². The lowest BCUT2D eigenvalue weighted by Crippen LogP contribution is -2.34. The smallest absolute Gasteiger partial charge is 0.119 e. The van der Waals surface area contributed by atoms with E-state index in [4.69, 9.17) is 42.4 Å². The van der Waals surface area contributed by atoms with Crippen molar-refractivity contribution in [1.82, 2.24) is 9.88 Å². The lowest BCUT2D eigenvalue weighted by atomic mass is 9.99. The Balaban J connectivity index is 1.98. The molecule has 0 radical (unpaired) electrons. The van der Waals surface area contributed by atoms with Crippen molar-refractivity contribution in [3.63, 3.8) is 0 Å². The van der Waals surface area contributed by atoms with Crippen LogP contribution in [0, 0.1) is 0 Å². The van der Waals surface area contributed by atoms with Gasteiger partial charge in [-0.2, -0.15) is 0 Å². The summed E-state index contributed by atoms with van der Waals surface area (Å²) in [6, 6.07) is 13.0. The first kappa shape index (κ1) is 26.7.